The van der Waals surface area contributed by atoms with Crippen molar-refractivity contribution in [2.24, 2.45) is 0 Å². The summed E-state index contributed by atoms with van der Waals surface area (Å²) in [5.41, 5.74) is 7.52. The molecule has 6 nitrogen and oxygen atoms in total. The van der Waals surface area contributed by atoms with Crippen LogP contribution in [0.2, 0.25) is 0 Å². The van der Waals surface area contributed by atoms with Crippen LogP contribution in [0.3, 0.4) is 0 Å². The van der Waals surface area contributed by atoms with E-state index in [-0.39, 0.29) is 5.56 Å². The molecule has 3 heterocycles. The zero-order valence-corrected chi connectivity index (χ0v) is 22.9. The molecule has 184 valence electrons. The number of thiazole rings is 1. The molecule has 9 heteroatoms. The highest BCUT2D eigenvalue weighted by Gasteiger charge is 2.20. The molecule has 0 saturated heterocycles. The molecule has 1 N–H and O–H groups in total. The van der Waals surface area contributed by atoms with Crippen molar-refractivity contribution in [3.05, 3.63) is 104 Å². The molecule has 0 bridgehead atoms. The molecule has 6 rings (SSSR count). The fourth-order valence-electron chi connectivity index (χ4n) is 4.25. The van der Waals surface area contributed by atoms with E-state index < -0.39 is 0 Å². The summed E-state index contributed by atoms with van der Waals surface area (Å²) in [4.78, 5) is 27.1. The van der Waals surface area contributed by atoms with E-state index in [0.29, 0.717) is 25.2 Å². The number of rotatable bonds is 5. The highest BCUT2D eigenvalue weighted by atomic mass is 32.2. The number of para-hydroxylation sites is 2. The zero-order chi connectivity index (χ0) is 25.7. The first kappa shape index (κ1) is 23.8. The molecule has 0 fully saturated rings. The monoisotopic (exact) mass is 541 g/mol. The molecular weight excluding hydrogens is 519 g/mol. The van der Waals surface area contributed by atoms with Crippen LogP contribution in [0.4, 0.5) is 0 Å². The van der Waals surface area contributed by atoms with Crippen molar-refractivity contribution in [1.29, 1.82) is 0 Å². The Bertz CT molecular complexity index is 1880. The third-order valence-corrected chi connectivity index (χ3v) is 8.70. The third kappa shape index (κ3) is 4.33. The molecule has 0 aliphatic heterocycles. The summed E-state index contributed by atoms with van der Waals surface area (Å²) in [5.74, 6) is 1.36. The second kappa shape index (κ2) is 9.41. The highest BCUT2D eigenvalue weighted by Crippen LogP contribution is 2.29. The van der Waals surface area contributed by atoms with E-state index in [4.69, 9.17) is 22.2 Å². The predicted molar refractivity (Wildman–Crippen MR) is 155 cm³/mol. The van der Waals surface area contributed by atoms with Crippen molar-refractivity contribution in [3.63, 3.8) is 0 Å². The number of aryl methyl sites for hydroxylation is 3. The van der Waals surface area contributed by atoms with Crippen LogP contribution < -0.4 is 5.56 Å². The van der Waals surface area contributed by atoms with E-state index in [2.05, 4.69) is 31.0 Å². The van der Waals surface area contributed by atoms with Crippen molar-refractivity contribution in [1.82, 2.24) is 24.1 Å². The van der Waals surface area contributed by atoms with Crippen molar-refractivity contribution >= 4 is 56.7 Å². The number of aromatic nitrogens is 5. The molecule has 0 saturated carbocycles. The number of nitrogens with one attached hydrogen (secondary N) is 1. The van der Waals surface area contributed by atoms with Crippen molar-refractivity contribution in [3.8, 4) is 11.4 Å². The normalized spacial score (nSPS) is 11.5. The first-order valence-corrected chi connectivity index (χ1v) is 14.0. The summed E-state index contributed by atoms with van der Waals surface area (Å²) in [6.07, 6.45) is 0. The van der Waals surface area contributed by atoms with Gasteiger partial charge in [0.05, 0.1) is 22.5 Å². The molecule has 0 spiro atoms. The lowest BCUT2D eigenvalue weighted by Crippen LogP contribution is -2.21. The van der Waals surface area contributed by atoms with E-state index >= 15 is 0 Å². The summed E-state index contributed by atoms with van der Waals surface area (Å²) in [7, 11) is 0. The average Bonchev–Trinajstić information content (AvgIpc) is 3.45. The van der Waals surface area contributed by atoms with E-state index in [9.17, 15) is 4.79 Å². The minimum Gasteiger partial charge on any atom is -0.341 e. The molecule has 0 aliphatic rings. The first-order chi connectivity index (χ1) is 17.9. The van der Waals surface area contributed by atoms with E-state index in [1.807, 2.05) is 66.1 Å². The lowest BCUT2D eigenvalue weighted by molar-refractivity contribution is 0.810. The maximum absolute atomic E-state index is 13.9. The number of hydrogen-bond donors (Lipinski definition) is 1. The Morgan fingerprint density at radius 3 is 2.43 bits per heavy atom. The predicted octanol–water partition coefficient (Wildman–Crippen LogP) is 7.06. The second-order valence-corrected chi connectivity index (χ2v) is 11.6. The zero-order valence-electron chi connectivity index (χ0n) is 20.5. The standard InChI is InChI=1S/C28H23N5OS3/c1-16-8-11-19(12-9-16)33-26(34)24-25(32(28(35)37-24)20-13-10-17(2)18(3)14-20)31-27(33)36-15-23-29-21-6-4-5-7-22(21)30-23/h4-14H,15H2,1-3H3,(H,29,30). The molecule has 3 aromatic heterocycles. The van der Waals surface area contributed by atoms with Crippen LogP contribution >= 0.6 is 35.3 Å². The summed E-state index contributed by atoms with van der Waals surface area (Å²) in [6, 6.07) is 22.0. The van der Waals surface area contributed by atoms with Gasteiger partial charge in [0.2, 0.25) is 0 Å². The Hall–Kier alpha value is -3.53. The molecule has 0 radical (unpaired) electrons. The number of H-pyrrole nitrogens is 1. The minimum atomic E-state index is -0.125. The van der Waals surface area contributed by atoms with Crippen LogP contribution in [0.1, 0.15) is 22.5 Å². The summed E-state index contributed by atoms with van der Waals surface area (Å²) in [6.45, 7) is 6.18. The van der Waals surface area contributed by atoms with Gasteiger partial charge in [-0.2, -0.15) is 0 Å². The van der Waals surface area contributed by atoms with E-state index in [1.165, 1.54) is 28.7 Å². The van der Waals surface area contributed by atoms with Crippen LogP contribution in [0.25, 0.3) is 32.8 Å². The van der Waals surface area contributed by atoms with Crippen LogP contribution in [-0.4, -0.2) is 24.1 Å². The largest absolute Gasteiger partial charge is 0.341 e. The van der Waals surface area contributed by atoms with Gasteiger partial charge in [-0.25, -0.2) is 9.97 Å². The minimum absolute atomic E-state index is 0.125. The van der Waals surface area contributed by atoms with Gasteiger partial charge in [-0.3, -0.25) is 13.9 Å². The Morgan fingerprint density at radius 1 is 0.919 bits per heavy atom. The smallest absolute Gasteiger partial charge is 0.278 e. The molecule has 3 aromatic carbocycles. The van der Waals surface area contributed by atoms with Crippen LogP contribution in [0.5, 0.6) is 0 Å². The van der Waals surface area contributed by atoms with E-state index in [1.54, 1.807) is 4.57 Å². The number of hydrogen-bond acceptors (Lipinski definition) is 6. The van der Waals surface area contributed by atoms with Crippen LogP contribution in [0, 0.1) is 24.7 Å². The molecule has 6 aromatic rings. The summed E-state index contributed by atoms with van der Waals surface area (Å²) in [5, 5.41) is 0.590. The van der Waals surface area contributed by atoms with Crippen LogP contribution in [0.15, 0.2) is 76.7 Å². The van der Waals surface area contributed by atoms with Gasteiger partial charge >= 0.3 is 0 Å². The number of fused-ring (bicyclic) bond motifs is 2. The fraction of sp³-hybridized carbons (Fsp3) is 0.143. The number of benzene rings is 3. The lowest BCUT2D eigenvalue weighted by atomic mass is 10.1. The number of thioether (sulfide) groups is 1. The van der Waals surface area contributed by atoms with Crippen molar-refractivity contribution in [2.45, 2.75) is 31.7 Å². The third-order valence-electron chi connectivity index (χ3n) is 6.39. The van der Waals surface area contributed by atoms with Gasteiger partial charge in [-0.1, -0.05) is 59.0 Å². The molecule has 0 aliphatic carbocycles. The quantitative estimate of drug-likeness (QED) is 0.144. The maximum atomic E-state index is 13.9. The SMILES string of the molecule is Cc1ccc(-n2c(SCc3nc4ccccc4[nH]3)nc3c(sc(=S)n3-c3ccc(C)c(C)c3)c2=O)cc1. The van der Waals surface area contributed by atoms with Crippen molar-refractivity contribution < 1.29 is 0 Å². The highest BCUT2D eigenvalue weighted by molar-refractivity contribution is 7.98. The lowest BCUT2D eigenvalue weighted by Gasteiger charge is -2.13. The molecule has 0 unspecified atom stereocenters. The van der Waals surface area contributed by atoms with Gasteiger partial charge in [0.1, 0.15) is 10.5 Å². The summed E-state index contributed by atoms with van der Waals surface area (Å²) >= 11 is 8.52. The molecule has 0 amide bonds. The average molecular weight is 542 g/mol. The van der Waals surface area contributed by atoms with Gasteiger partial charge in [0.25, 0.3) is 5.56 Å². The Balaban J connectivity index is 1.53. The van der Waals surface area contributed by atoms with Gasteiger partial charge in [-0.05, 0) is 80.5 Å². The van der Waals surface area contributed by atoms with Gasteiger partial charge in [-0.15, -0.1) is 0 Å². The Morgan fingerprint density at radius 2 is 1.68 bits per heavy atom. The van der Waals surface area contributed by atoms with Gasteiger partial charge < -0.3 is 4.98 Å². The Kier molecular flexibility index (Phi) is 6.06. The Labute approximate surface area is 226 Å². The first-order valence-electron chi connectivity index (χ1n) is 11.8. The maximum Gasteiger partial charge on any atom is 0.278 e. The number of aromatic amines is 1. The topological polar surface area (TPSA) is 68.5 Å². The van der Waals surface area contributed by atoms with E-state index in [0.717, 1.165) is 39.4 Å². The summed E-state index contributed by atoms with van der Waals surface area (Å²) < 4.78 is 4.73. The fourth-order valence-corrected chi connectivity index (χ4v) is 6.43. The van der Waals surface area contributed by atoms with Crippen LogP contribution in [-0.2, 0) is 5.75 Å². The number of nitrogens with zero attached hydrogens (tertiary/aromatic N) is 4. The van der Waals surface area contributed by atoms with Gasteiger partial charge in [0.15, 0.2) is 14.8 Å². The van der Waals surface area contributed by atoms with Gasteiger partial charge in [0, 0.05) is 5.69 Å². The molecule has 0 atom stereocenters. The molecular formula is C28H23N5OS3. The molecule has 37 heavy (non-hydrogen) atoms. The number of imidazole rings is 1. The van der Waals surface area contributed by atoms with Crippen molar-refractivity contribution in [2.75, 3.05) is 0 Å². The second-order valence-electron chi connectivity index (χ2n) is 8.98.